The Bertz CT molecular complexity index is 776. The molecule has 3 rings (SSSR count). The van der Waals surface area contributed by atoms with Crippen molar-refractivity contribution in [1.82, 2.24) is 5.32 Å². The minimum absolute atomic E-state index is 0.121. The van der Waals surface area contributed by atoms with Crippen LogP contribution in [0.4, 0.5) is 0 Å². The Balaban J connectivity index is 1.72. The van der Waals surface area contributed by atoms with Crippen LogP contribution >= 0.6 is 0 Å². The Morgan fingerprint density at radius 2 is 1.79 bits per heavy atom. The number of carboxylic acids is 1. The Morgan fingerprint density at radius 3 is 2.42 bits per heavy atom. The quantitative estimate of drug-likeness (QED) is 0.365. The second-order valence-electron chi connectivity index (χ2n) is 9.95. The van der Waals surface area contributed by atoms with E-state index in [4.69, 9.17) is 14.2 Å². The number of aliphatic carboxylic acids is 1. The molecule has 1 heterocycles. The molecular weight excluding hydrogens is 430 g/mol. The smallest absolute Gasteiger partial charge is 0.335 e. The molecule has 0 aromatic heterocycles. The maximum Gasteiger partial charge on any atom is 0.335 e. The Kier molecular flexibility index (Phi) is 8.71. The van der Waals surface area contributed by atoms with Gasteiger partial charge in [-0.05, 0) is 51.2 Å². The fraction of sp³-hybridized carbons (Fsp3) is 0.708. The molecule has 2 aliphatic rings. The monoisotopic (exact) mass is 467 g/mol. The lowest BCUT2D eigenvalue weighted by atomic mass is 9.97. The zero-order valence-electron chi connectivity index (χ0n) is 19.5. The molecule has 9 heteroatoms. The molecule has 0 amide bonds. The third kappa shape index (κ3) is 6.88. The van der Waals surface area contributed by atoms with Gasteiger partial charge in [0.1, 0.15) is 36.8 Å². The molecule has 1 aliphatic carbocycles. The number of carbonyl (C=O) groups is 1. The van der Waals surface area contributed by atoms with E-state index in [1.807, 2.05) is 39.0 Å². The molecule has 5 N–H and O–H groups in total. The van der Waals surface area contributed by atoms with Crippen LogP contribution in [-0.4, -0.2) is 81.9 Å². The van der Waals surface area contributed by atoms with Gasteiger partial charge in [0.05, 0.1) is 0 Å². The van der Waals surface area contributed by atoms with Crippen molar-refractivity contribution >= 4 is 5.97 Å². The second kappa shape index (κ2) is 11.1. The molecule has 1 aromatic rings. The number of hydrogen-bond acceptors (Lipinski definition) is 8. The van der Waals surface area contributed by atoms with Gasteiger partial charge in [-0.15, -0.1) is 0 Å². The molecule has 0 spiro atoms. The highest BCUT2D eigenvalue weighted by Gasteiger charge is 2.48. The van der Waals surface area contributed by atoms with Gasteiger partial charge in [0, 0.05) is 12.1 Å². The standard InChI is InChI=1S/C24H37NO8/c1-24(2,3)25-12-15(32-23-20(28)18(26)19(27)21(33-23)22(29)30)13-31-17-11-7-6-10-16(17)14-8-4-5-9-14/h6-7,10-11,14-15,18-21,23,25-28H,4-5,8-9,12-13H2,1-3H3,(H,29,30). The summed E-state index contributed by atoms with van der Waals surface area (Å²) in [6, 6.07) is 7.92. The number of nitrogens with one attached hydrogen (secondary N) is 1. The molecule has 1 saturated carbocycles. The van der Waals surface area contributed by atoms with Gasteiger partial charge in [-0.1, -0.05) is 31.0 Å². The molecule has 1 aromatic carbocycles. The highest BCUT2D eigenvalue weighted by Crippen LogP contribution is 2.38. The van der Waals surface area contributed by atoms with Crippen molar-refractivity contribution in [2.24, 2.45) is 0 Å². The van der Waals surface area contributed by atoms with Gasteiger partial charge in [-0.25, -0.2) is 4.79 Å². The summed E-state index contributed by atoms with van der Waals surface area (Å²) in [6.07, 6.45) is -4.21. The first kappa shape index (κ1) is 25.9. The largest absolute Gasteiger partial charge is 0.491 e. The normalized spacial score (nSPS) is 29.7. The Labute approximate surface area is 194 Å². The number of rotatable bonds is 9. The van der Waals surface area contributed by atoms with Crippen molar-refractivity contribution in [3.8, 4) is 5.75 Å². The van der Waals surface area contributed by atoms with Gasteiger partial charge in [0.2, 0.25) is 0 Å². The van der Waals surface area contributed by atoms with Gasteiger partial charge in [0.15, 0.2) is 12.4 Å². The molecule has 0 bridgehead atoms. The van der Waals surface area contributed by atoms with Gasteiger partial charge in [-0.3, -0.25) is 0 Å². The molecular formula is C24H37NO8. The molecule has 2 fully saturated rings. The predicted octanol–water partition coefficient (Wildman–Crippen LogP) is 1.39. The lowest BCUT2D eigenvalue weighted by molar-refractivity contribution is -0.305. The number of aliphatic hydroxyl groups is 3. The van der Waals surface area contributed by atoms with Crippen LogP contribution in [0.25, 0.3) is 0 Å². The first-order chi connectivity index (χ1) is 15.6. The number of para-hydroxylation sites is 1. The van der Waals surface area contributed by atoms with Crippen LogP contribution in [-0.2, 0) is 14.3 Å². The Hall–Kier alpha value is -1.75. The summed E-state index contributed by atoms with van der Waals surface area (Å²) in [5, 5.41) is 43.0. The van der Waals surface area contributed by atoms with Gasteiger partial charge >= 0.3 is 5.97 Å². The lowest BCUT2D eigenvalue weighted by Crippen LogP contribution is -2.61. The van der Waals surface area contributed by atoms with Crippen molar-refractivity contribution in [3.63, 3.8) is 0 Å². The molecule has 33 heavy (non-hydrogen) atoms. The van der Waals surface area contributed by atoms with E-state index in [0.717, 1.165) is 24.2 Å². The average molecular weight is 468 g/mol. The highest BCUT2D eigenvalue weighted by atomic mass is 16.7. The van der Waals surface area contributed by atoms with E-state index >= 15 is 0 Å². The summed E-state index contributed by atoms with van der Waals surface area (Å²) in [6.45, 7) is 6.43. The van der Waals surface area contributed by atoms with E-state index in [1.165, 1.54) is 12.8 Å². The van der Waals surface area contributed by atoms with Gasteiger partial charge < -0.3 is 40.0 Å². The van der Waals surface area contributed by atoms with Crippen LogP contribution in [0, 0.1) is 0 Å². The number of carboxylic acid groups (broad SMARTS) is 1. The maximum absolute atomic E-state index is 11.4. The number of benzene rings is 1. The fourth-order valence-corrected chi connectivity index (χ4v) is 4.29. The summed E-state index contributed by atoms with van der Waals surface area (Å²) in [4.78, 5) is 11.4. The molecule has 186 valence electrons. The van der Waals surface area contributed by atoms with Crippen molar-refractivity contribution in [2.45, 2.75) is 94.7 Å². The summed E-state index contributed by atoms with van der Waals surface area (Å²) >= 11 is 0. The van der Waals surface area contributed by atoms with E-state index in [-0.39, 0.29) is 12.1 Å². The molecule has 9 nitrogen and oxygen atoms in total. The molecule has 6 unspecified atom stereocenters. The van der Waals surface area contributed by atoms with E-state index in [2.05, 4.69) is 11.4 Å². The minimum Gasteiger partial charge on any atom is -0.491 e. The van der Waals surface area contributed by atoms with Crippen LogP contribution in [0.5, 0.6) is 5.75 Å². The highest BCUT2D eigenvalue weighted by molar-refractivity contribution is 5.73. The first-order valence-corrected chi connectivity index (χ1v) is 11.6. The zero-order valence-corrected chi connectivity index (χ0v) is 19.5. The fourth-order valence-electron chi connectivity index (χ4n) is 4.29. The summed E-state index contributed by atoms with van der Waals surface area (Å²) in [5.74, 6) is -0.212. The SMILES string of the molecule is CC(C)(C)NCC(COc1ccccc1C1CCCC1)OC1OC(C(=O)O)C(O)C(O)C1O. The van der Waals surface area contributed by atoms with Crippen LogP contribution in [0.2, 0.25) is 0 Å². The maximum atomic E-state index is 11.4. The van der Waals surface area contributed by atoms with E-state index in [9.17, 15) is 25.2 Å². The first-order valence-electron chi connectivity index (χ1n) is 11.6. The molecule has 1 aliphatic heterocycles. The van der Waals surface area contributed by atoms with Crippen molar-refractivity contribution in [3.05, 3.63) is 29.8 Å². The third-order valence-corrected chi connectivity index (χ3v) is 6.14. The summed E-state index contributed by atoms with van der Waals surface area (Å²) < 4.78 is 17.3. The number of hydrogen-bond donors (Lipinski definition) is 5. The number of ether oxygens (including phenoxy) is 3. The summed E-state index contributed by atoms with van der Waals surface area (Å²) in [7, 11) is 0. The Morgan fingerprint density at radius 1 is 1.12 bits per heavy atom. The average Bonchev–Trinajstić information content (AvgIpc) is 3.29. The summed E-state index contributed by atoms with van der Waals surface area (Å²) in [5.41, 5.74) is 0.935. The number of aliphatic hydroxyl groups excluding tert-OH is 3. The van der Waals surface area contributed by atoms with E-state index in [0.29, 0.717) is 12.5 Å². The van der Waals surface area contributed by atoms with Crippen molar-refractivity contribution < 1.29 is 39.4 Å². The molecule has 6 atom stereocenters. The van der Waals surface area contributed by atoms with Crippen LogP contribution in [0.1, 0.15) is 57.9 Å². The van der Waals surface area contributed by atoms with Gasteiger partial charge in [0.25, 0.3) is 0 Å². The molecule has 1 saturated heterocycles. The second-order valence-corrected chi connectivity index (χ2v) is 9.95. The molecule has 0 radical (unpaired) electrons. The topological polar surface area (TPSA) is 138 Å². The van der Waals surface area contributed by atoms with E-state index in [1.54, 1.807) is 0 Å². The van der Waals surface area contributed by atoms with Gasteiger partial charge in [-0.2, -0.15) is 0 Å². The third-order valence-electron chi connectivity index (χ3n) is 6.14. The van der Waals surface area contributed by atoms with E-state index < -0.39 is 42.8 Å². The lowest BCUT2D eigenvalue weighted by Gasteiger charge is -2.40. The minimum atomic E-state index is -1.77. The van der Waals surface area contributed by atoms with Crippen molar-refractivity contribution in [1.29, 1.82) is 0 Å². The van der Waals surface area contributed by atoms with Crippen LogP contribution < -0.4 is 10.1 Å². The predicted molar refractivity (Wildman–Crippen MR) is 120 cm³/mol. The van der Waals surface area contributed by atoms with Crippen LogP contribution in [0.15, 0.2) is 24.3 Å². The zero-order chi connectivity index (χ0) is 24.2. The van der Waals surface area contributed by atoms with Crippen molar-refractivity contribution in [2.75, 3.05) is 13.2 Å². The van der Waals surface area contributed by atoms with Crippen LogP contribution in [0.3, 0.4) is 0 Å².